The average Bonchev–Trinajstić information content (AvgIpc) is 2.35. The maximum atomic E-state index is 5.29. The van der Waals surface area contributed by atoms with Crippen LogP contribution in [0.4, 0.5) is 0 Å². The second-order valence-electron chi connectivity index (χ2n) is 3.55. The van der Waals surface area contributed by atoms with Crippen LogP contribution in [0.25, 0.3) is 0 Å². The lowest BCUT2D eigenvalue weighted by atomic mass is 10.1. The molecule has 1 heterocycles. The molecule has 1 unspecified atom stereocenters. The van der Waals surface area contributed by atoms with E-state index in [9.17, 15) is 0 Å². The van der Waals surface area contributed by atoms with Crippen LogP contribution in [-0.2, 0) is 4.74 Å². The van der Waals surface area contributed by atoms with Crippen molar-refractivity contribution in [1.29, 1.82) is 0 Å². The van der Waals surface area contributed by atoms with E-state index in [-0.39, 0.29) is 10.5 Å². The van der Waals surface area contributed by atoms with Crippen LogP contribution in [0.3, 0.4) is 0 Å². The Morgan fingerprint density at radius 1 is 1.69 bits per heavy atom. The van der Waals surface area contributed by atoms with Crippen molar-refractivity contribution in [2.24, 2.45) is 5.73 Å². The zero-order valence-corrected chi connectivity index (χ0v) is 10.5. The minimum Gasteiger partial charge on any atom is -0.364 e. The van der Waals surface area contributed by atoms with Gasteiger partial charge in [0.15, 0.2) is 0 Å². The van der Waals surface area contributed by atoms with Crippen LogP contribution >= 0.6 is 27.5 Å². The molecule has 1 atom stereocenters. The van der Waals surface area contributed by atoms with Crippen LogP contribution in [0.5, 0.6) is 0 Å². The van der Waals surface area contributed by atoms with E-state index in [2.05, 4.69) is 35.1 Å². The van der Waals surface area contributed by atoms with Crippen LogP contribution in [0.15, 0.2) is 0 Å². The Balaban J connectivity index is 0.000000226. The molecular formula is C8H18BrClN2O. The molecule has 1 fully saturated rings. The van der Waals surface area contributed by atoms with E-state index in [0.717, 1.165) is 13.0 Å². The number of hydrogen-bond donors (Lipinski definition) is 2. The topological polar surface area (TPSA) is 47.3 Å². The van der Waals surface area contributed by atoms with Crippen LogP contribution in [-0.4, -0.2) is 29.7 Å². The van der Waals surface area contributed by atoms with E-state index < -0.39 is 0 Å². The van der Waals surface area contributed by atoms with E-state index in [4.69, 9.17) is 22.1 Å². The van der Waals surface area contributed by atoms with Gasteiger partial charge in [-0.05, 0) is 20.3 Å². The van der Waals surface area contributed by atoms with Crippen molar-refractivity contribution in [3.63, 3.8) is 0 Å². The number of ether oxygens (including phenoxy) is 1. The van der Waals surface area contributed by atoms with Crippen molar-refractivity contribution < 1.29 is 4.74 Å². The summed E-state index contributed by atoms with van der Waals surface area (Å²) in [5, 5.41) is 3.17. The molecular weight excluding hydrogens is 255 g/mol. The van der Waals surface area contributed by atoms with Gasteiger partial charge in [-0.2, -0.15) is 0 Å². The van der Waals surface area contributed by atoms with Gasteiger partial charge >= 0.3 is 0 Å². The Bertz CT molecular complexity index is 125. The van der Waals surface area contributed by atoms with Gasteiger partial charge in [0.1, 0.15) is 0 Å². The molecule has 1 aliphatic rings. The normalized spacial score (nSPS) is 21.9. The molecule has 3 N–H and O–H groups in total. The van der Waals surface area contributed by atoms with Crippen molar-refractivity contribution in [2.45, 2.75) is 30.8 Å². The van der Waals surface area contributed by atoms with Crippen LogP contribution < -0.4 is 11.1 Å². The van der Waals surface area contributed by atoms with Gasteiger partial charge in [0, 0.05) is 11.4 Å². The lowest BCUT2D eigenvalue weighted by Crippen LogP contribution is -2.34. The van der Waals surface area contributed by atoms with Crippen LogP contribution in [0, 0.1) is 0 Å². The van der Waals surface area contributed by atoms with Crippen molar-refractivity contribution in [3.8, 4) is 0 Å². The molecule has 1 rings (SSSR count). The van der Waals surface area contributed by atoms with Crippen LogP contribution in [0.1, 0.15) is 20.3 Å². The average molecular weight is 274 g/mol. The molecule has 5 heteroatoms. The predicted octanol–water partition coefficient (Wildman–Crippen LogP) is 1.64. The fraction of sp³-hybridized carbons (Fsp3) is 1.00. The Morgan fingerprint density at radius 2 is 2.31 bits per heavy atom. The molecule has 80 valence electrons. The Hall–Kier alpha value is 0.650. The molecule has 1 aliphatic heterocycles. The van der Waals surface area contributed by atoms with Crippen molar-refractivity contribution in [1.82, 2.24) is 5.32 Å². The van der Waals surface area contributed by atoms with Gasteiger partial charge in [-0.3, -0.25) is 5.32 Å². The number of nitrogens with one attached hydrogen (secondary N) is 1. The fourth-order valence-corrected chi connectivity index (χ4v) is 1.44. The highest BCUT2D eigenvalue weighted by molar-refractivity contribution is 9.09. The van der Waals surface area contributed by atoms with E-state index >= 15 is 0 Å². The summed E-state index contributed by atoms with van der Waals surface area (Å²) in [7, 11) is 0. The summed E-state index contributed by atoms with van der Waals surface area (Å²) in [4.78, 5) is 0.0787. The number of halogens is 2. The number of nitrogens with two attached hydrogens (primary N) is 1. The lowest BCUT2D eigenvalue weighted by molar-refractivity contribution is 0.182. The summed E-state index contributed by atoms with van der Waals surface area (Å²) in [5.41, 5.74) is 5.46. The van der Waals surface area contributed by atoms with E-state index in [1.54, 1.807) is 0 Å². The monoisotopic (exact) mass is 272 g/mol. The smallest absolute Gasteiger partial charge is 0.0971 e. The van der Waals surface area contributed by atoms with E-state index in [1.165, 1.54) is 0 Å². The highest BCUT2D eigenvalue weighted by Crippen LogP contribution is 2.06. The summed E-state index contributed by atoms with van der Waals surface area (Å²) in [5.74, 6) is 0.631. The van der Waals surface area contributed by atoms with Crippen molar-refractivity contribution >= 4 is 27.5 Å². The van der Waals surface area contributed by atoms with E-state index in [0.29, 0.717) is 12.6 Å². The SMILES string of the molecule is CC1(C)COCN1.NC(Br)CCCl. The van der Waals surface area contributed by atoms with Gasteiger partial charge < -0.3 is 10.5 Å². The standard InChI is InChI=1S/C5H11NO.C3H7BrClN/c1-5(2)3-7-4-6-5;4-3(6)1-2-5/h6H,3-4H2,1-2H3;3H,1-2,6H2. The van der Waals surface area contributed by atoms with Gasteiger partial charge in [-0.1, -0.05) is 15.9 Å². The quantitative estimate of drug-likeness (QED) is 0.594. The molecule has 0 amide bonds. The summed E-state index contributed by atoms with van der Waals surface area (Å²) in [6.45, 7) is 5.81. The third-order valence-corrected chi connectivity index (χ3v) is 2.18. The zero-order chi connectivity index (χ0) is 10.3. The molecule has 0 spiro atoms. The molecule has 0 bridgehead atoms. The molecule has 0 aliphatic carbocycles. The third kappa shape index (κ3) is 8.97. The maximum Gasteiger partial charge on any atom is 0.0971 e. The highest BCUT2D eigenvalue weighted by Gasteiger charge is 2.21. The summed E-state index contributed by atoms with van der Waals surface area (Å²) in [6.07, 6.45) is 0.835. The number of hydrogen-bond acceptors (Lipinski definition) is 3. The predicted molar refractivity (Wildman–Crippen MR) is 60.3 cm³/mol. The Morgan fingerprint density at radius 3 is 2.38 bits per heavy atom. The molecule has 0 aromatic rings. The minimum atomic E-state index is 0.0787. The highest BCUT2D eigenvalue weighted by atomic mass is 79.9. The van der Waals surface area contributed by atoms with Crippen molar-refractivity contribution in [3.05, 3.63) is 0 Å². The minimum absolute atomic E-state index is 0.0787. The molecule has 3 nitrogen and oxygen atoms in total. The van der Waals surface area contributed by atoms with Crippen molar-refractivity contribution in [2.75, 3.05) is 19.2 Å². The molecule has 0 saturated carbocycles. The van der Waals surface area contributed by atoms with Crippen LogP contribution in [0.2, 0.25) is 0 Å². The number of rotatable bonds is 2. The van der Waals surface area contributed by atoms with Gasteiger partial charge in [0.25, 0.3) is 0 Å². The summed E-state index contributed by atoms with van der Waals surface area (Å²) >= 11 is 8.41. The van der Waals surface area contributed by atoms with Gasteiger partial charge in [0.2, 0.25) is 0 Å². The largest absolute Gasteiger partial charge is 0.364 e. The first kappa shape index (κ1) is 13.7. The summed E-state index contributed by atoms with van der Waals surface area (Å²) < 4.78 is 5.05. The fourth-order valence-electron chi connectivity index (χ4n) is 0.708. The van der Waals surface area contributed by atoms with Gasteiger partial charge in [-0.15, -0.1) is 11.6 Å². The van der Waals surface area contributed by atoms with Gasteiger partial charge in [0.05, 0.1) is 18.3 Å². The second kappa shape index (κ2) is 7.01. The molecule has 0 radical (unpaired) electrons. The Labute approximate surface area is 93.5 Å². The lowest BCUT2D eigenvalue weighted by Gasteiger charge is -2.12. The molecule has 0 aromatic carbocycles. The maximum absolute atomic E-state index is 5.29. The third-order valence-electron chi connectivity index (χ3n) is 1.50. The zero-order valence-electron chi connectivity index (χ0n) is 8.15. The second-order valence-corrected chi connectivity index (χ2v) is 5.10. The molecule has 0 aromatic heterocycles. The van der Waals surface area contributed by atoms with E-state index in [1.807, 2.05) is 0 Å². The first-order valence-electron chi connectivity index (χ1n) is 4.26. The molecule has 1 saturated heterocycles. The first-order valence-corrected chi connectivity index (χ1v) is 5.71. The first-order chi connectivity index (χ1) is 5.98. The molecule has 13 heavy (non-hydrogen) atoms. The number of alkyl halides is 2. The summed E-state index contributed by atoms with van der Waals surface area (Å²) in [6, 6.07) is 0. The Kier molecular flexibility index (Phi) is 7.36. The van der Waals surface area contributed by atoms with Gasteiger partial charge in [-0.25, -0.2) is 0 Å².